The topological polar surface area (TPSA) is 50.8 Å². The van der Waals surface area contributed by atoms with Crippen LogP contribution in [-0.4, -0.2) is 27.7 Å². The van der Waals surface area contributed by atoms with Gasteiger partial charge in [-0.3, -0.25) is 4.90 Å². The molecule has 1 heterocycles. The standard InChI is InChI=1S/C24H28N2O3S/c1-15-22(30)25-19-13-16(9-12-21(19)28-15)14-26(23(27)29-24(2,3)4)20-11-10-17-7-5-6-8-18(17)20/h5-9,12-13,15,20H,10-11,14H2,1-4H3,(H,25,30). The summed E-state index contributed by atoms with van der Waals surface area (Å²) in [4.78, 5) is 15.7. The number of hydrogen-bond donors (Lipinski definition) is 1. The number of carbonyl (C=O) groups excluding carboxylic acids is 1. The van der Waals surface area contributed by atoms with Crippen LogP contribution in [0.1, 0.15) is 56.8 Å². The summed E-state index contributed by atoms with van der Waals surface area (Å²) in [5.74, 6) is 0.773. The van der Waals surface area contributed by atoms with Crippen LogP contribution in [0.25, 0.3) is 0 Å². The Morgan fingerprint density at radius 1 is 1.27 bits per heavy atom. The van der Waals surface area contributed by atoms with E-state index in [4.69, 9.17) is 21.7 Å². The van der Waals surface area contributed by atoms with Gasteiger partial charge < -0.3 is 14.8 Å². The van der Waals surface area contributed by atoms with Gasteiger partial charge >= 0.3 is 6.09 Å². The number of anilines is 1. The van der Waals surface area contributed by atoms with Crippen molar-refractivity contribution in [3.8, 4) is 5.75 Å². The lowest BCUT2D eigenvalue weighted by atomic mass is 10.1. The van der Waals surface area contributed by atoms with E-state index >= 15 is 0 Å². The number of benzene rings is 2. The van der Waals surface area contributed by atoms with Gasteiger partial charge in [0.15, 0.2) is 0 Å². The third-order valence-corrected chi connectivity index (χ3v) is 5.87. The summed E-state index contributed by atoms with van der Waals surface area (Å²) in [5.41, 5.74) is 3.79. The van der Waals surface area contributed by atoms with Crippen LogP contribution < -0.4 is 10.1 Å². The van der Waals surface area contributed by atoms with Crippen molar-refractivity contribution < 1.29 is 14.3 Å². The number of hydrogen-bond acceptors (Lipinski definition) is 4. The first kappa shape index (κ1) is 20.7. The molecule has 158 valence electrons. The Morgan fingerprint density at radius 2 is 2.03 bits per heavy atom. The van der Waals surface area contributed by atoms with Crippen molar-refractivity contribution in [2.45, 2.75) is 64.8 Å². The molecule has 1 amide bonds. The maximum atomic E-state index is 13.2. The Balaban J connectivity index is 1.63. The lowest BCUT2D eigenvalue weighted by Gasteiger charge is -2.33. The zero-order valence-electron chi connectivity index (χ0n) is 17.9. The van der Waals surface area contributed by atoms with Crippen molar-refractivity contribution in [2.24, 2.45) is 0 Å². The lowest BCUT2D eigenvalue weighted by Crippen LogP contribution is -2.38. The molecule has 0 bridgehead atoms. The third-order valence-electron chi connectivity index (χ3n) is 5.43. The molecule has 2 aromatic rings. The maximum Gasteiger partial charge on any atom is 0.411 e. The number of fused-ring (bicyclic) bond motifs is 2. The molecule has 0 fully saturated rings. The molecule has 4 rings (SSSR count). The second-order valence-corrected chi connectivity index (χ2v) is 9.38. The maximum absolute atomic E-state index is 13.2. The minimum atomic E-state index is -0.555. The average Bonchev–Trinajstić information content (AvgIpc) is 3.09. The van der Waals surface area contributed by atoms with Crippen LogP contribution in [0.5, 0.6) is 5.75 Å². The fraction of sp³-hybridized carbons (Fsp3) is 0.417. The predicted molar refractivity (Wildman–Crippen MR) is 122 cm³/mol. The molecular weight excluding hydrogens is 396 g/mol. The van der Waals surface area contributed by atoms with Gasteiger partial charge in [0.2, 0.25) is 0 Å². The van der Waals surface area contributed by atoms with Gasteiger partial charge in [0.25, 0.3) is 0 Å². The molecule has 5 nitrogen and oxygen atoms in total. The monoisotopic (exact) mass is 424 g/mol. The van der Waals surface area contributed by atoms with Gasteiger partial charge in [0.05, 0.1) is 11.7 Å². The van der Waals surface area contributed by atoms with Crippen molar-refractivity contribution in [3.63, 3.8) is 0 Å². The second kappa shape index (κ2) is 7.91. The molecule has 1 aliphatic carbocycles. The van der Waals surface area contributed by atoms with E-state index in [0.717, 1.165) is 29.8 Å². The van der Waals surface area contributed by atoms with Crippen molar-refractivity contribution >= 4 is 29.0 Å². The van der Waals surface area contributed by atoms with Gasteiger partial charge in [-0.15, -0.1) is 0 Å². The van der Waals surface area contributed by atoms with Crippen molar-refractivity contribution in [1.82, 2.24) is 4.90 Å². The molecule has 0 radical (unpaired) electrons. The average molecular weight is 425 g/mol. The first-order valence-corrected chi connectivity index (χ1v) is 10.8. The molecule has 1 aliphatic heterocycles. The van der Waals surface area contributed by atoms with Crippen molar-refractivity contribution in [3.05, 3.63) is 59.2 Å². The molecule has 30 heavy (non-hydrogen) atoms. The highest BCUT2D eigenvalue weighted by Crippen LogP contribution is 2.38. The van der Waals surface area contributed by atoms with E-state index in [-0.39, 0.29) is 18.2 Å². The Labute approximate surface area is 183 Å². The van der Waals surface area contributed by atoms with E-state index in [1.165, 1.54) is 11.1 Å². The van der Waals surface area contributed by atoms with Gasteiger partial charge in [-0.2, -0.15) is 0 Å². The normalized spacial score (nSPS) is 19.9. The van der Waals surface area contributed by atoms with Crippen LogP contribution >= 0.6 is 12.2 Å². The molecule has 1 N–H and O–H groups in total. The van der Waals surface area contributed by atoms with Crippen LogP contribution in [0, 0.1) is 0 Å². The van der Waals surface area contributed by atoms with Crippen molar-refractivity contribution in [2.75, 3.05) is 5.32 Å². The van der Waals surface area contributed by atoms with Gasteiger partial charge in [-0.25, -0.2) is 4.79 Å². The van der Waals surface area contributed by atoms with Crippen LogP contribution in [-0.2, 0) is 17.7 Å². The highest BCUT2D eigenvalue weighted by atomic mass is 32.1. The molecule has 2 aliphatic rings. The van der Waals surface area contributed by atoms with Crippen LogP contribution in [0.2, 0.25) is 0 Å². The summed E-state index contributed by atoms with van der Waals surface area (Å²) in [6.45, 7) is 8.06. The molecule has 0 spiro atoms. The van der Waals surface area contributed by atoms with Gasteiger partial charge in [-0.05, 0) is 69.4 Å². The molecule has 0 saturated carbocycles. The lowest BCUT2D eigenvalue weighted by molar-refractivity contribution is 0.0137. The first-order valence-electron chi connectivity index (χ1n) is 10.4. The Kier molecular flexibility index (Phi) is 5.45. The summed E-state index contributed by atoms with van der Waals surface area (Å²) in [6, 6.07) is 14.3. The fourth-order valence-electron chi connectivity index (χ4n) is 4.03. The zero-order valence-corrected chi connectivity index (χ0v) is 18.7. The van der Waals surface area contributed by atoms with Gasteiger partial charge in [0, 0.05) is 6.54 Å². The SMILES string of the molecule is CC1Oc2ccc(CN(C(=O)OC(C)(C)C)C3CCc4ccccc43)cc2NC1=S. The number of nitrogens with one attached hydrogen (secondary N) is 1. The molecule has 2 aromatic carbocycles. The zero-order chi connectivity index (χ0) is 21.5. The summed E-state index contributed by atoms with van der Waals surface area (Å²) < 4.78 is 11.6. The Hall–Kier alpha value is -2.60. The first-order chi connectivity index (χ1) is 14.2. The smallest absolute Gasteiger partial charge is 0.411 e. The third kappa shape index (κ3) is 4.29. The Bertz CT molecular complexity index is 983. The Morgan fingerprint density at radius 3 is 2.80 bits per heavy atom. The second-order valence-electron chi connectivity index (χ2n) is 8.94. The quantitative estimate of drug-likeness (QED) is 0.647. The molecule has 6 heteroatoms. The molecule has 2 atom stereocenters. The number of amides is 1. The summed E-state index contributed by atoms with van der Waals surface area (Å²) in [5, 5.41) is 3.25. The van der Waals surface area contributed by atoms with E-state index in [1.807, 2.05) is 56.9 Å². The summed E-state index contributed by atoms with van der Waals surface area (Å²) >= 11 is 5.35. The fourth-order valence-corrected chi connectivity index (χ4v) is 4.19. The van der Waals surface area contributed by atoms with Crippen molar-refractivity contribution in [1.29, 1.82) is 0 Å². The molecule has 0 aromatic heterocycles. The minimum Gasteiger partial charge on any atom is -0.481 e. The predicted octanol–water partition coefficient (Wildman–Crippen LogP) is 5.63. The number of aryl methyl sites for hydroxylation is 1. The van der Waals surface area contributed by atoms with E-state index in [1.54, 1.807) is 0 Å². The van der Waals surface area contributed by atoms with Gasteiger partial charge in [-0.1, -0.05) is 42.5 Å². The van der Waals surface area contributed by atoms with Crippen LogP contribution in [0.4, 0.5) is 10.5 Å². The van der Waals surface area contributed by atoms with E-state index in [0.29, 0.717) is 11.5 Å². The summed E-state index contributed by atoms with van der Waals surface area (Å²) in [7, 11) is 0. The summed E-state index contributed by atoms with van der Waals surface area (Å²) in [6.07, 6.45) is 1.42. The highest BCUT2D eigenvalue weighted by molar-refractivity contribution is 7.80. The molecular formula is C24H28N2O3S. The van der Waals surface area contributed by atoms with Gasteiger partial charge in [0.1, 0.15) is 22.4 Å². The van der Waals surface area contributed by atoms with Crippen LogP contribution in [0.3, 0.4) is 0 Å². The van der Waals surface area contributed by atoms with E-state index < -0.39 is 5.60 Å². The number of nitrogens with zero attached hydrogens (tertiary/aromatic N) is 1. The van der Waals surface area contributed by atoms with Crippen LogP contribution in [0.15, 0.2) is 42.5 Å². The van der Waals surface area contributed by atoms with E-state index in [2.05, 4.69) is 23.5 Å². The van der Waals surface area contributed by atoms with E-state index in [9.17, 15) is 4.79 Å². The number of ether oxygens (including phenoxy) is 2. The minimum absolute atomic E-state index is 0.00242. The number of rotatable bonds is 3. The number of thiocarbonyl (C=S) groups is 1. The largest absolute Gasteiger partial charge is 0.481 e. The molecule has 0 saturated heterocycles. The highest BCUT2D eigenvalue weighted by Gasteiger charge is 2.34. The number of carbonyl (C=O) groups is 1. The molecule has 2 unspecified atom stereocenters.